The largest absolute Gasteiger partial charge is 0.497 e. The Morgan fingerprint density at radius 1 is 0.897 bits per heavy atom. The van der Waals surface area contributed by atoms with E-state index in [2.05, 4.69) is 10.6 Å². The fourth-order valence-corrected chi connectivity index (χ4v) is 2.88. The van der Waals surface area contributed by atoms with Crippen LogP contribution in [-0.4, -0.2) is 32.1 Å². The van der Waals surface area contributed by atoms with Crippen LogP contribution in [0.4, 0.5) is 5.69 Å². The summed E-state index contributed by atoms with van der Waals surface area (Å²) in [5, 5.41) is 7.37. The first-order chi connectivity index (χ1) is 14.0. The number of methoxy groups -OCH3 is 1. The highest BCUT2D eigenvalue weighted by Gasteiger charge is 2.09. The van der Waals surface area contributed by atoms with Gasteiger partial charge >= 0.3 is 0 Å². The Morgan fingerprint density at radius 2 is 1.62 bits per heavy atom. The molecule has 0 aliphatic heterocycles. The van der Waals surface area contributed by atoms with Crippen LogP contribution >= 0.6 is 0 Å². The van der Waals surface area contributed by atoms with Gasteiger partial charge in [0, 0.05) is 5.69 Å². The van der Waals surface area contributed by atoms with Gasteiger partial charge in [0.15, 0.2) is 6.61 Å². The van der Waals surface area contributed by atoms with Gasteiger partial charge in [-0.25, -0.2) is 0 Å². The van der Waals surface area contributed by atoms with E-state index in [-0.39, 0.29) is 25.0 Å². The predicted molar refractivity (Wildman–Crippen MR) is 114 cm³/mol. The van der Waals surface area contributed by atoms with Crippen molar-refractivity contribution in [2.75, 3.05) is 25.6 Å². The zero-order chi connectivity index (χ0) is 20.8. The molecule has 6 nitrogen and oxygen atoms in total. The molecule has 0 saturated carbocycles. The SMILES string of the molecule is COc1ccc2ccc(OCC(=O)NCC(=O)Nc3cccc(C)c3C)cc2c1. The smallest absolute Gasteiger partial charge is 0.258 e. The Bertz CT molecular complexity index is 1050. The second-order valence-corrected chi connectivity index (χ2v) is 6.74. The average molecular weight is 392 g/mol. The van der Waals surface area contributed by atoms with Crippen LogP contribution in [0.25, 0.3) is 10.8 Å². The van der Waals surface area contributed by atoms with Crippen molar-refractivity contribution < 1.29 is 19.1 Å². The summed E-state index contributed by atoms with van der Waals surface area (Å²) >= 11 is 0. The van der Waals surface area contributed by atoms with Gasteiger partial charge in [0.05, 0.1) is 13.7 Å². The van der Waals surface area contributed by atoms with Crippen LogP contribution in [0.3, 0.4) is 0 Å². The van der Waals surface area contributed by atoms with E-state index >= 15 is 0 Å². The van der Waals surface area contributed by atoms with E-state index < -0.39 is 0 Å². The zero-order valence-electron chi connectivity index (χ0n) is 16.7. The molecule has 29 heavy (non-hydrogen) atoms. The third-order valence-corrected chi connectivity index (χ3v) is 4.71. The lowest BCUT2D eigenvalue weighted by molar-refractivity contribution is -0.125. The van der Waals surface area contributed by atoms with Crippen molar-refractivity contribution in [3.8, 4) is 11.5 Å². The summed E-state index contributed by atoms with van der Waals surface area (Å²) in [7, 11) is 1.61. The van der Waals surface area contributed by atoms with E-state index in [1.165, 1.54) is 0 Å². The fourth-order valence-electron chi connectivity index (χ4n) is 2.88. The van der Waals surface area contributed by atoms with Gasteiger partial charge in [-0.2, -0.15) is 0 Å². The van der Waals surface area contributed by atoms with Crippen molar-refractivity contribution in [2.24, 2.45) is 0 Å². The van der Waals surface area contributed by atoms with E-state index in [1.54, 1.807) is 13.2 Å². The van der Waals surface area contributed by atoms with Gasteiger partial charge in [0.1, 0.15) is 11.5 Å². The van der Waals surface area contributed by atoms with Crippen LogP contribution in [0, 0.1) is 13.8 Å². The molecule has 0 radical (unpaired) electrons. The molecule has 3 aromatic rings. The minimum Gasteiger partial charge on any atom is -0.497 e. The molecule has 0 aliphatic rings. The van der Waals surface area contributed by atoms with Crippen molar-refractivity contribution in [3.05, 3.63) is 65.7 Å². The number of carbonyl (C=O) groups is 2. The van der Waals surface area contributed by atoms with Gasteiger partial charge in [-0.3, -0.25) is 9.59 Å². The van der Waals surface area contributed by atoms with Gasteiger partial charge in [0.25, 0.3) is 5.91 Å². The molecule has 2 N–H and O–H groups in total. The summed E-state index contributed by atoms with van der Waals surface area (Å²) in [4.78, 5) is 24.1. The molecule has 0 heterocycles. The second kappa shape index (κ2) is 9.10. The molecule has 0 saturated heterocycles. The molecule has 6 heteroatoms. The Hall–Kier alpha value is -3.54. The van der Waals surface area contributed by atoms with Crippen LogP contribution < -0.4 is 20.1 Å². The molecular weight excluding hydrogens is 368 g/mol. The van der Waals surface area contributed by atoms with Gasteiger partial charge in [-0.15, -0.1) is 0 Å². The van der Waals surface area contributed by atoms with Crippen molar-refractivity contribution in [1.82, 2.24) is 5.32 Å². The quantitative estimate of drug-likeness (QED) is 0.644. The van der Waals surface area contributed by atoms with Gasteiger partial charge in [-0.05, 0) is 66.1 Å². The molecule has 0 aliphatic carbocycles. The molecule has 2 amide bonds. The van der Waals surface area contributed by atoms with E-state index in [9.17, 15) is 9.59 Å². The highest BCUT2D eigenvalue weighted by Crippen LogP contribution is 2.25. The molecule has 3 aromatic carbocycles. The fraction of sp³-hybridized carbons (Fsp3) is 0.217. The molecule has 0 aromatic heterocycles. The van der Waals surface area contributed by atoms with Gasteiger partial charge < -0.3 is 20.1 Å². The van der Waals surface area contributed by atoms with Crippen LogP contribution in [0.15, 0.2) is 54.6 Å². The summed E-state index contributed by atoms with van der Waals surface area (Å²) < 4.78 is 10.8. The van der Waals surface area contributed by atoms with E-state index in [4.69, 9.17) is 9.47 Å². The lowest BCUT2D eigenvalue weighted by atomic mass is 10.1. The number of carbonyl (C=O) groups excluding carboxylic acids is 2. The molecule has 0 atom stereocenters. The third-order valence-electron chi connectivity index (χ3n) is 4.71. The van der Waals surface area contributed by atoms with Crippen LogP contribution in [0.5, 0.6) is 11.5 Å². The van der Waals surface area contributed by atoms with Crippen molar-refractivity contribution in [1.29, 1.82) is 0 Å². The number of anilines is 1. The first kappa shape index (κ1) is 20.2. The Balaban J connectivity index is 1.50. The molecule has 0 unspecified atom stereocenters. The van der Waals surface area contributed by atoms with Gasteiger partial charge in [-0.1, -0.05) is 24.3 Å². The maximum Gasteiger partial charge on any atom is 0.258 e. The second-order valence-electron chi connectivity index (χ2n) is 6.74. The Kier molecular flexibility index (Phi) is 6.34. The maximum absolute atomic E-state index is 12.1. The maximum atomic E-state index is 12.1. The molecule has 0 spiro atoms. The molecule has 3 rings (SSSR count). The Labute approximate surface area is 169 Å². The number of aryl methyl sites for hydroxylation is 1. The first-order valence-electron chi connectivity index (χ1n) is 9.29. The molecule has 0 bridgehead atoms. The highest BCUT2D eigenvalue weighted by molar-refractivity contribution is 5.95. The van der Waals surface area contributed by atoms with E-state index in [0.717, 1.165) is 33.3 Å². The highest BCUT2D eigenvalue weighted by atomic mass is 16.5. The standard InChI is InChI=1S/C23H24N2O4/c1-15-5-4-6-21(16(15)2)25-22(26)13-24-23(27)14-29-20-10-8-17-7-9-19(28-3)11-18(17)12-20/h4-12H,13-14H2,1-3H3,(H,24,27)(H,25,26). The number of hydrogen-bond donors (Lipinski definition) is 2. The summed E-state index contributed by atoms with van der Waals surface area (Å²) in [6.07, 6.45) is 0. The number of nitrogens with one attached hydrogen (secondary N) is 2. The number of hydrogen-bond acceptors (Lipinski definition) is 4. The molecule has 0 fully saturated rings. The zero-order valence-corrected chi connectivity index (χ0v) is 16.7. The number of ether oxygens (including phenoxy) is 2. The number of benzene rings is 3. The summed E-state index contributed by atoms with van der Waals surface area (Å²) in [5.41, 5.74) is 2.84. The van der Waals surface area contributed by atoms with Crippen LogP contribution in [-0.2, 0) is 9.59 Å². The summed E-state index contributed by atoms with van der Waals surface area (Å²) in [6, 6.07) is 17.0. The number of rotatable bonds is 7. The monoisotopic (exact) mass is 392 g/mol. The van der Waals surface area contributed by atoms with E-state index in [0.29, 0.717) is 5.75 Å². The van der Waals surface area contributed by atoms with Crippen molar-refractivity contribution >= 4 is 28.3 Å². The number of fused-ring (bicyclic) bond motifs is 1. The topological polar surface area (TPSA) is 76.7 Å². The van der Waals surface area contributed by atoms with E-state index in [1.807, 2.05) is 62.4 Å². The van der Waals surface area contributed by atoms with Crippen LogP contribution in [0.2, 0.25) is 0 Å². The van der Waals surface area contributed by atoms with Gasteiger partial charge in [0.2, 0.25) is 5.91 Å². The van der Waals surface area contributed by atoms with Crippen molar-refractivity contribution in [2.45, 2.75) is 13.8 Å². The average Bonchev–Trinajstić information content (AvgIpc) is 2.73. The van der Waals surface area contributed by atoms with Crippen molar-refractivity contribution in [3.63, 3.8) is 0 Å². The lowest BCUT2D eigenvalue weighted by Gasteiger charge is -2.11. The van der Waals surface area contributed by atoms with Crippen LogP contribution in [0.1, 0.15) is 11.1 Å². The minimum absolute atomic E-state index is 0.121. The lowest BCUT2D eigenvalue weighted by Crippen LogP contribution is -2.35. The molecular formula is C23H24N2O4. The minimum atomic E-state index is -0.369. The Morgan fingerprint density at radius 3 is 2.38 bits per heavy atom. The predicted octanol–water partition coefficient (Wildman–Crippen LogP) is 3.60. The summed E-state index contributed by atoms with van der Waals surface area (Å²) in [6.45, 7) is 3.63. The summed E-state index contributed by atoms with van der Waals surface area (Å²) in [5.74, 6) is 0.666. The number of amides is 2. The molecule has 150 valence electrons. The first-order valence-corrected chi connectivity index (χ1v) is 9.29. The third kappa shape index (κ3) is 5.25. The normalized spacial score (nSPS) is 10.4.